The Morgan fingerprint density at radius 3 is 1.81 bits per heavy atom. The Morgan fingerprint density at radius 1 is 0.509 bits per heavy atom. The van der Waals surface area contributed by atoms with Gasteiger partial charge in [0, 0.05) is 38.2 Å². The first-order valence-corrected chi connectivity index (χ1v) is 18.6. The minimum atomic E-state index is 0.110. The third-order valence-corrected chi connectivity index (χ3v) is 12.0. The van der Waals surface area contributed by atoms with Crippen LogP contribution in [0.4, 0.5) is 0 Å². The molecule has 0 fully saturated rings. The summed E-state index contributed by atoms with van der Waals surface area (Å²) < 4.78 is 11.4. The summed E-state index contributed by atoms with van der Waals surface area (Å²) in [4.78, 5) is 10.4. The highest BCUT2D eigenvalue weighted by Crippen LogP contribution is 2.47. The van der Waals surface area contributed by atoms with Crippen molar-refractivity contribution in [3.05, 3.63) is 145 Å². The predicted octanol–water partition coefficient (Wildman–Crippen LogP) is 12.6. The third-order valence-electron chi connectivity index (χ3n) is 12.0. The molecule has 0 unspecified atom stereocenters. The molecule has 0 atom stereocenters. The summed E-state index contributed by atoms with van der Waals surface area (Å²) in [5, 5.41) is 5.73. The Hall–Kier alpha value is -6.20. The number of para-hydroxylation sites is 3. The van der Waals surface area contributed by atoms with E-state index in [9.17, 15) is 0 Å². The molecule has 0 aliphatic heterocycles. The van der Waals surface area contributed by atoms with E-state index in [0.717, 1.165) is 38.9 Å². The van der Waals surface area contributed by atoms with Crippen LogP contribution >= 0.6 is 0 Å². The first-order valence-electron chi connectivity index (χ1n) is 18.6. The molecule has 10 aromatic rings. The Balaban J connectivity index is 1.25. The van der Waals surface area contributed by atoms with E-state index in [1.54, 1.807) is 0 Å². The van der Waals surface area contributed by atoms with Crippen LogP contribution < -0.4 is 0 Å². The van der Waals surface area contributed by atoms with E-state index in [1.807, 2.05) is 36.4 Å². The van der Waals surface area contributed by atoms with Crippen LogP contribution in [-0.4, -0.2) is 19.1 Å². The first-order chi connectivity index (χ1) is 25.8. The van der Waals surface area contributed by atoms with Crippen LogP contribution in [0.15, 0.2) is 138 Å². The standard InChI is InChI=1S/C48H38N4O/c1-47(2)24-25-48(3,4)37-26-30(22-23-36(37)47)51-38-19-11-8-16-31(38)34-28-41-35(27-40(34)51)32-17-9-12-20-39(32)52(41)46-44-43(33-18-10-13-21-42(33)53-44)49-45(50-46)29-14-6-5-7-15-29/h5-23,26-28H,24-25H2,1-4H3. The lowest BCUT2D eigenvalue weighted by atomic mass is 9.63. The average molecular weight is 687 g/mol. The highest BCUT2D eigenvalue weighted by Gasteiger charge is 2.37. The molecule has 5 nitrogen and oxygen atoms in total. The summed E-state index contributed by atoms with van der Waals surface area (Å²) in [5.41, 5.74) is 12.2. The van der Waals surface area contributed by atoms with Gasteiger partial charge in [-0.2, -0.15) is 0 Å². The van der Waals surface area contributed by atoms with Crippen LogP contribution in [0.1, 0.15) is 51.7 Å². The molecule has 0 bridgehead atoms. The van der Waals surface area contributed by atoms with Gasteiger partial charge in [0.05, 0.1) is 22.1 Å². The quantitative estimate of drug-likeness (QED) is 0.186. The number of furan rings is 1. The van der Waals surface area contributed by atoms with E-state index in [4.69, 9.17) is 14.4 Å². The van der Waals surface area contributed by atoms with Gasteiger partial charge in [-0.25, -0.2) is 9.97 Å². The van der Waals surface area contributed by atoms with Gasteiger partial charge < -0.3 is 8.98 Å². The lowest BCUT2D eigenvalue weighted by Crippen LogP contribution is -2.33. The summed E-state index contributed by atoms with van der Waals surface area (Å²) in [6, 6.07) is 47.8. The molecule has 11 rings (SSSR count). The van der Waals surface area contributed by atoms with Crippen LogP contribution in [0.25, 0.3) is 88.6 Å². The number of hydrogen-bond donors (Lipinski definition) is 0. The fourth-order valence-corrected chi connectivity index (χ4v) is 9.10. The Labute approximate surface area is 307 Å². The number of nitrogens with zero attached hydrogens (tertiary/aromatic N) is 4. The summed E-state index contributed by atoms with van der Waals surface area (Å²) >= 11 is 0. The van der Waals surface area contributed by atoms with E-state index in [-0.39, 0.29) is 10.8 Å². The zero-order chi connectivity index (χ0) is 35.6. The fourth-order valence-electron chi connectivity index (χ4n) is 9.10. The molecule has 0 saturated carbocycles. The number of hydrogen-bond acceptors (Lipinski definition) is 3. The molecule has 0 radical (unpaired) electrons. The molecule has 1 aliphatic rings. The smallest absolute Gasteiger partial charge is 0.197 e. The number of fused-ring (bicyclic) bond motifs is 10. The maximum atomic E-state index is 6.64. The molecule has 0 N–H and O–H groups in total. The topological polar surface area (TPSA) is 48.8 Å². The maximum Gasteiger partial charge on any atom is 0.197 e. The summed E-state index contributed by atoms with van der Waals surface area (Å²) in [6.07, 6.45) is 2.38. The Kier molecular flexibility index (Phi) is 6.13. The van der Waals surface area contributed by atoms with Crippen molar-refractivity contribution in [2.75, 3.05) is 0 Å². The van der Waals surface area contributed by atoms with Crippen LogP contribution in [0.3, 0.4) is 0 Å². The zero-order valence-electron chi connectivity index (χ0n) is 30.3. The van der Waals surface area contributed by atoms with E-state index in [1.165, 1.54) is 62.2 Å². The van der Waals surface area contributed by atoms with Gasteiger partial charge in [-0.15, -0.1) is 0 Å². The van der Waals surface area contributed by atoms with Gasteiger partial charge in [-0.1, -0.05) is 113 Å². The molecule has 5 heteroatoms. The summed E-state index contributed by atoms with van der Waals surface area (Å²) in [7, 11) is 0. The first kappa shape index (κ1) is 30.4. The molecule has 4 heterocycles. The molecule has 0 amide bonds. The zero-order valence-corrected chi connectivity index (χ0v) is 30.3. The molecule has 6 aromatic carbocycles. The van der Waals surface area contributed by atoms with Gasteiger partial charge in [-0.05, 0) is 83.3 Å². The van der Waals surface area contributed by atoms with Crippen molar-refractivity contribution in [3.8, 4) is 22.9 Å². The minimum absolute atomic E-state index is 0.110. The van der Waals surface area contributed by atoms with Gasteiger partial charge in [0.1, 0.15) is 11.1 Å². The van der Waals surface area contributed by atoms with Crippen molar-refractivity contribution in [1.29, 1.82) is 0 Å². The Bertz CT molecular complexity index is 3120. The number of aromatic nitrogens is 4. The van der Waals surface area contributed by atoms with E-state index >= 15 is 0 Å². The van der Waals surface area contributed by atoms with E-state index in [0.29, 0.717) is 11.4 Å². The fraction of sp³-hybridized carbons (Fsp3) is 0.167. The molecule has 53 heavy (non-hydrogen) atoms. The predicted molar refractivity (Wildman–Crippen MR) is 219 cm³/mol. The number of rotatable bonds is 3. The molecule has 0 saturated heterocycles. The second kappa shape index (κ2) is 10.7. The van der Waals surface area contributed by atoms with Gasteiger partial charge in [0.15, 0.2) is 17.2 Å². The SMILES string of the molecule is CC1(C)CCC(C)(C)c2cc(-n3c4ccccc4c4cc5c(cc43)c3ccccc3n5-c3nc(-c4ccccc4)nc4c3oc3ccccc34)ccc21. The molecule has 256 valence electrons. The molecule has 0 spiro atoms. The average Bonchev–Trinajstić information content (AvgIpc) is 3.83. The molecular formula is C48H38N4O. The molecule has 4 aromatic heterocycles. The van der Waals surface area contributed by atoms with E-state index < -0.39 is 0 Å². The van der Waals surface area contributed by atoms with Gasteiger partial charge >= 0.3 is 0 Å². The van der Waals surface area contributed by atoms with Crippen LogP contribution in [0.2, 0.25) is 0 Å². The van der Waals surface area contributed by atoms with Crippen molar-refractivity contribution in [2.45, 2.75) is 51.4 Å². The largest absolute Gasteiger partial charge is 0.450 e. The van der Waals surface area contributed by atoms with Gasteiger partial charge in [-0.3, -0.25) is 4.57 Å². The summed E-state index contributed by atoms with van der Waals surface area (Å²) in [5.74, 6) is 1.40. The van der Waals surface area contributed by atoms with Crippen molar-refractivity contribution in [3.63, 3.8) is 0 Å². The lowest BCUT2D eigenvalue weighted by molar-refractivity contribution is 0.332. The normalized spacial score (nSPS) is 15.3. The van der Waals surface area contributed by atoms with Crippen molar-refractivity contribution < 1.29 is 4.42 Å². The van der Waals surface area contributed by atoms with Gasteiger partial charge in [0.2, 0.25) is 0 Å². The van der Waals surface area contributed by atoms with Gasteiger partial charge in [0.25, 0.3) is 0 Å². The van der Waals surface area contributed by atoms with Crippen molar-refractivity contribution in [1.82, 2.24) is 19.1 Å². The molecular weight excluding hydrogens is 649 g/mol. The molecule has 1 aliphatic carbocycles. The monoisotopic (exact) mass is 686 g/mol. The van der Waals surface area contributed by atoms with E-state index in [2.05, 4.69) is 134 Å². The summed E-state index contributed by atoms with van der Waals surface area (Å²) in [6.45, 7) is 9.61. The van der Waals surface area contributed by atoms with Crippen LogP contribution in [0, 0.1) is 0 Å². The minimum Gasteiger partial charge on any atom is -0.450 e. The van der Waals surface area contributed by atoms with Crippen LogP contribution in [-0.2, 0) is 10.8 Å². The third kappa shape index (κ3) is 4.31. The maximum absolute atomic E-state index is 6.64. The Morgan fingerprint density at radius 2 is 1.09 bits per heavy atom. The van der Waals surface area contributed by atoms with Crippen LogP contribution in [0.5, 0.6) is 0 Å². The highest BCUT2D eigenvalue weighted by atomic mass is 16.3. The highest BCUT2D eigenvalue weighted by molar-refractivity contribution is 6.19. The second-order valence-electron chi connectivity index (χ2n) is 16.1. The number of benzene rings is 6. The lowest BCUT2D eigenvalue weighted by Gasteiger charge is -2.42. The van der Waals surface area contributed by atoms with Crippen molar-refractivity contribution >= 4 is 65.7 Å². The van der Waals surface area contributed by atoms with Crippen molar-refractivity contribution in [2.24, 2.45) is 0 Å². The second-order valence-corrected chi connectivity index (χ2v) is 16.1.